The Morgan fingerprint density at radius 3 is 2.58 bits per heavy atom. The minimum absolute atomic E-state index is 0.0465. The van der Waals surface area contributed by atoms with E-state index >= 15 is 0 Å². The molecule has 0 fully saturated rings. The van der Waals surface area contributed by atoms with Gasteiger partial charge in [-0.25, -0.2) is 4.99 Å². The third kappa shape index (κ3) is 2.57. The van der Waals surface area contributed by atoms with E-state index in [0.29, 0.717) is 27.4 Å². The molecule has 1 atom stereocenters. The molecule has 0 N–H and O–H groups in total. The first kappa shape index (κ1) is 17.6. The molecule has 2 aromatic rings. The first-order valence-electron chi connectivity index (χ1n) is 8.72. The number of halogens is 2. The fourth-order valence-corrected chi connectivity index (χ4v) is 4.55. The molecule has 1 unspecified atom stereocenters. The van der Waals surface area contributed by atoms with Crippen LogP contribution in [0.5, 0.6) is 0 Å². The van der Waals surface area contributed by atoms with Gasteiger partial charge in [0.25, 0.3) is 5.91 Å². The van der Waals surface area contributed by atoms with Gasteiger partial charge < -0.3 is 4.90 Å². The minimum Gasteiger partial charge on any atom is -0.300 e. The van der Waals surface area contributed by atoms with Crippen molar-refractivity contribution in [3.63, 3.8) is 0 Å². The molecule has 1 amide bonds. The molecule has 0 saturated carbocycles. The van der Waals surface area contributed by atoms with Gasteiger partial charge in [-0.3, -0.25) is 4.79 Å². The summed E-state index contributed by atoms with van der Waals surface area (Å²) < 4.78 is 0. The van der Waals surface area contributed by atoms with Gasteiger partial charge in [0, 0.05) is 11.1 Å². The SMILES string of the molecule is Cc1cc2c3c(c1)C(C)CC(C)(C)N3C(=O)C2=Nc1ccc(Cl)c(Cl)c1. The van der Waals surface area contributed by atoms with Crippen molar-refractivity contribution in [3.05, 3.63) is 57.1 Å². The van der Waals surface area contributed by atoms with Crippen molar-refractivity contribution in [3.8, 4) is 0 Å². The molecule has 0 aromatic heterocycles. The van der Waals surface area contributed by atoms with E-state index in [0.717, 1.165) is 23.2 Å². The summed E-state index contributed by atoms with van der Waals surface area (Å²) in [7, 11) is 0. The average Bonchev–Trinajstić information content (AvgIpc) is 2.82. The number of aliphatic imine (C=N–C) groups is 1. The van der Waals surface area contributed by atoms with Gasteiger partial charge in [-0.15, -0.1) is 0 Å². The van der Waals surface area contributed by atoms with Crippen molar-refractivity contribution >= 4 is 46.2 Å². The maximum Gasteiger partial charge on any atom is 0.278 e. The molecule has 0 spiro atoms. The standard InChI is InChI=1S/C21H20Cl2N2O/c1-11-7-14-12(2)10-21(3,4)25-19(14)15(8-11)18(20(25)26)24-13-5-6-16(22)17(23)9-13/h5-9,12H,10H2,1-4H3. The number of amides is 1. The van der Waals surface area contributed by atoms with Crippen LogP contribution in [0, 0.1) is 6.92 Å². The van der Waals surface area contributed by atoms with Gasteiger partial charge in [0.15, 0.2) is 0 Å². The Balaban J connectivity index is 1.95. The molecule has 4 rings (SSSR count). The maximum absolute atomic E-state index is 13.3. The molecule has 2 heterocycles. The number of benzene rings is 2. The zero-order valence-corrected chi connectivity index (χ0v) is 16.7. The minimum atomic E-state index is -0.248. The molecule has 0 aliphatic carbocycles. The van der Waals surface area contributed by atoms with E-state index in [2.05, 4.69) is 44.8 Å². The van der Waals surface area contributed by atoms with Crippen molar-refractivity contribution < 1.29 is 4.79 Å². The summed E-state index contributed by atoms with van der Waals surface area (Å²) in [6.45, 7) is 8.53. The molecule has 0 bridgehead atoms. The van der Waals surface area contributed by atoms with Gasteiger partial charge in [0.2, 0.25) is 0 Å². The lowest BCUT2D eigenvalue weighted by Crippen LogP contribution is -2.50. The lowest BCUT2D eigenvalue weighted by molar-refractivity contribution is -0.113. The molecule has 5 heteroatoms. The van der Waals surface area contributed by atoms with Crippen LogP contribution < -0.4 is 4.90 Å². The first-order chi connectivity index (χ1) is 12.2. The van der Waals surface area contributed by atoms with Crippen molar-refractivity contribution in [2.75, 3.05) is 4.90 Å². The number of hydrogen-bond donors (Lipinski definition) is 0. The first-order valence-corrected chi connectivity index (χ1v) is 9.48. The molecule has 2 aliphatic heterocycles. The molecular weight excluding hydrogens is 367 g/mol. The lowest BCUT2D eigenvalue weighted by Gasteiger charge is -2.43. The maximum atomic E-state index is 13.3. The molecule has 26 heavy (non-hydrogen) atoms. The van der Waals surface area contributed by atoms with Crippen molar-refractivity contribution in [1.29, 1.82) is 0 Å². The Labute approximate surface area is 163 Å². The van der Waals surface area contributed by atoms with Gasteiger partial charge in [0.05, 0.1) is 21.4 Å². The zero-order valence-electron chi connectivity index (χ0n) is 15.2. The van der Waals surface area contributed by atoms with Crippen molar-refractivity contribution in [1.82, 2.24) is 0 Å². The summed E-state index contributed by atoms with van der Waals surface area (Å²) in [6.07, 6.45) is 0.925. The molecule has 0 saturated heterocycles. The van der Waals surface area contributed by atoms with Crippen LogP contribution in [0.1, 0.15) is 49.8 Å². The fourth-order valence-electron chi connectivity index (χ4n) is 4.26. The monoisotopic (exact) mass is 386 g/mol. The smallest absolute Gasteiger partial charge is 0.278 e. The molecule has 0 radical (unpaired) electrons. The van der Waals surface area contributed by atoms with Crippen LogP contribution in [-0.2, 0) is 4.79 Å². The number of hydrogen-bond acceptors (Lipinski definition) is 2. The Bertz CT molecular complexity index is 978. The van der Waals surface area contributed by atoms with Gasteiger partial charge in [-0.05, 0) is 62.9 Å². The predicted molar refractivity (Wildman–Crippen MR) is 108 cm³/mol. The van der Waals surface area contributed by atoms with Crippen LogP contribution in [0.2, 0.25) is 10.0 Å². The van der Waals surface area contributed by atoms with E-state index in [1.165, 1.54) is 5.56 Å². The van der Waals surface area contributed by atoms with E-state index in [4.69, 9.17) is 23.2 Å². The van der Waals surface area contributed by atoms with Crippen molar-refractivity contribution in [2.45, 2.75) is 45.6 Å². The summed E-state index contributed by atoms with van der Waals surface area (Å²) in [4.78, 5) is 19.9. The number of anilines is 1. The zero-order chi connectivity index (χ0) is 18.8. The molecular formula is C21H20Cl2N2O. The van der Waals surface area contributed by atoms with Crippen LogP contribution in [0.4, 0.5) is 11.4 Å². The van der Waals surface area contributed by atoms with Gasteiger partial charge in [-0.1, -0.05) is 41.8 Å². The number of aryl methyl sites for hydroxylation is 1. The van der Waals surface area contributed by atoms with E-state index in [-0.39, 0.29) is 11.4 Å². The highest BCUT2D eigenvalue weighted by atomic mass is 35.5. The van der Waals surface area contributed by atoms with E-state index in [1.54, 1.807) is 18.2 Å². The van der Waals surface area contributed by atoms with Gasteiger partial charge >= 0.3 is 0 Å². The van der Waals surface area contributed by atoms with Crippen LogP contribution in [0.25, 0.3) is 0 Å². The van der Waals surface area contributed by atoms with Crippen molar-refractivity contribution in [2.24, 2.45) is 4.99 Å². The lowest BCUT2D eigenvalue weighted by atomic mass is 9.80. The van der Waals surface area contributed by atoms with E-state index < -0.39 is 0 Å². The number of nitrogens with zero attached hydrogens (tertiary/aromatic N) is 2. The highest BCUT2D eigenvalue weighted by molar-refractivity contribution is 6.55. The highest BCUT2D eigenvalue weighted by Crippen LogP contribution is 2.49. The summed E-state index contributed by atoms with van der Waals surface area (Å²) in [5, 5.41) is 0.903. The van der Waals surface area contributed by atoms with Crippen LogP contribution in [0.3, 0.4) is 0 Å². The Hall–Kier alpha value is -1.84. The Morgan fingerprint density at radius 2 is 1.88 bits per heavy atom. The van der Waals surface area contributed by atoms with E-state index in [1.807, 2.05) is 4.90 Å². The molecule has 2 aromatic carbocycles. The second-order valence-electron chi connectivity index (χ2n) is 7.87. The summed E-state index contributed by atoms with van der Waals surface area (Å²) >= 11 is 12.1. The normalized spacial score (nSPS) is 22.1. The van der Waals surface area contributed by atoms with Crippen LogP contribution >= 0.6 is 23.2 Å². The highest BCUT2D eigenvalue weighted by Gasteiger charge is 2.47. The third-order valence-electron chi connectivity index (χ3n) is 5.25. The molecule has 3 nitrogen and oxygen atoms in total. The van der Waals surface area contributed by atoms with Crippen LogP contribution in [0.15, 0.2) is 35.3 Å². The second-order valence-corrected chi connectivity index (χ2v) is 8.68. The molecule has 2 aliphatic rings. The summed E-state index contributed by atoms with van der Waals surface area (Å²) in [6, 6.07) is 9.42. The number of rotatable bonds is 1. The predicted octanol–water partition coefficient (Wildman–Crippen LogP) is 6.06. The van der Waals surface area contributed by atoms with Crippen LogP contribution in [-0.4, -0.2) is 17.2 Å². The Morgan fingerprint density at radius 1 is 1.15 bits per heavy atom. The second kappa shape index (κ2) is 5.83. The van der Waals surface area contributed by atoms with E-state index in [9.17, 15) is 4.79 Å². The topological polar surface area (TPSA) is 32.7 Å². The third-order valence-corrected chi connectivity index (χ3v) is 5.99. The van der Waals surface area contributed by atoms with Gasteiger partial charge in [-0.2, -0.15) is 0 Å². The molecule has 134 valence electrons. The number of carbonyl (C=O) groups excluding carboxylic acids is 1. The Kier molecular flexibility index (Phi) is 3.94. The number of carbonyl (C=O) groups is 1. The average molecular weight is 387 g/mol. The fraction of sp³-hybridized carbons (Fsp3) is 0.333. The summed E-state index contributed by atoms with van der Waals surface area (Å²) in [5.74, 6) is 0.349. The largest absolute Gasteiger partial charge is 0.300 e. The quantitative estimate of drug-likeness (QED) is 0.586. The van der Waals surface area contributed by atoms with Gasteiger partial charge in [0.1, 0.15) is 5.71 Å². The summed E-state index contributed by atoms with van der Waals surface area (Å²) in [5.41, 5.74) is 5.16.